The van der Waals surface area contributed by atoms with Crippen LogP contribution in [0, 0.1) is 12.8 Å². The van der Waals surface area contributed by atoms with E-state index in [-0.39, 0.29) is 5.91 Å². The van der Waals surface area contributed by atoms with E-state index in [4.69, 9.17) is 0 Å². The standard InChI is InChI=1S/C21H26N8OS/c1-13(2)11-29-21-15(14(3)25-29)9-17(31-21)20(30)28-7-5-27(6-8-28)19-16-10-24-26(4)18(16)22-12-23-19/h9-10,12-13H,5-8,11H2,1-4H3. The lowest BCUT2D eigenvalue weighted by molar-refractivity contribution is 0.0751. The Balaban J connectivity index is 1.33. The summed E-state index contributed by atoms with van der Waals surface area (Å²) in [6.07, 6.45) is 3.39. The minimum atomic E-state index is 0.102. The molecule has 162 valence electrons. The van der Waals surface area contributed by atoms with E-state index in [0.29, 0.717) is 19.0 Å². The van der Waals surface area contributed by atoms with Gasteiger partial charge in [-0.25, -0.2) is 9.97 Å². The molecular weight excluding hydrogens is 412 g/mol. The first-order chi connectivity index (χ1) is 14.9. The van der Waals surface area contributed by atoms with Gasteiger partial charge in [-0.2, -0.15) is 10.2 Å². The molecule has 5 heterocycles. The van der Waals surface area contributed by atoms with E-state index in [0.717, 1.165) is 57.3 Å². The maximum Gasteiger partial charge on any atom is 0.264 e. The lowest BCUT2D eigenvalue weighted by atomic mass is 10.2. The van der Waals surface area contributed by atoms with Crippen LogP contribution >= 0.6 is 11.3 Å². The van der Waals surface area contributed by atoms with Crippen LogP contribution in [-0.2, 0) is 13.6 Å². The maximum atomic E-state index is 13.2. The number of thiophene rings is 1. The van der Waals surface area contributed by atoms with E-state index in [1.54, 1.807) is 22.3 Å². The first kappa shape index (κ1) is 19.9. The van der Waals surface area contributed by atoms with Crippen molar-refractivity contribution in [2.45, 2.75) is 27.3 Å². The van der Waals surface area contributed by atoms with Gasteiger partial charge in [0.05, 0.1) is 22.2 Å². The Kier molecular flexibility index (Phi) is 4.88. The largest absolute Gasteiger partial charge is 0.352 e. The molecule has 1 saturated heterocycles. The maximum absolute atomic E-state index is 13.2. The Labute approximate surface area is 184 Å². The molecule has 0 aliphatic carbocycles. The van der Waals surface area contributed by atoms with Crippen molar-refractivity contribution in [2.24, 2.45) is 13.0 Å². The highest BCUT2D eigenvalue weighted by Gasteiger charge is 2.26. The van der Waals surface area contributed by atoms with Crippen LogP contribution in [0.15, 0.2) is 18.6 Å². The number of anilines is 1. The molecule has 0 radical (unpaired) electrons. The molecule has 31 heavy (non-hydrogen) atoms. The summed E-state index contributed by atoms with van der Waals surface area (Å²) in [5, 5.41) is 11.0. The van der Waals surface area contributed by atoms with Gasteiger partial charge >= 0.3 is 0 Å². The van der Waals surface area contributed by atoms with Gasteiger partial charge in [-0.3, -0.25) is 14.2 Å². The monoisotopic (exact) mass is 438 g/mol. The van der Waals surface area contributed by atoms with Crippen molar-refractivity contribution >= 4 is 44.3 Å². The summed E-state index contributed by atoms with van der Waals surface area (Å²) in [6.45, 7) is 10.0. The molecule has 0 spiro atoms. The Morgan fingerprint density at radius 3 is 2.68 bits per heavy atom. The molecular formula is C21H26N8OS. The zero-order valence-electron chi connectivity index (χ0n) is 18.2. The van der Waals surface area contributed by atoms with Crippen LogP contribution < -0.4 is 4.90 Å². The van der Waals surface area contributed by atoms with Gasteiger partial charge in [0.15, 0.2) is 5.65 Å². The molecule has 10 heteroatoms. The molecule has 4 aromatic heterocycles. The van der Waals surface area contributed by atoms with Gasteiger partial charge in [0, 0.05) is 45.2 Å². The van der Waals surface area contributed by atoms with Gasteiger partial charge in [0.2, 0.25) is 0 Å². The lowest BCUT2D eigenvalue weighted by Gasteiger charge is -2.35. The number of amides is 1. The smallest absolute Gasteiger partial charge is 0.264 e. The summed E-state index contributed by atoms with van der Waals surface area (Å²) in [5.74, 6) is 1.49. The summed E-state index contributed by atoms with van der Waals surface area (Å²) in [5.41, 5.74) is 1.81. The number of hydrogen-bond acceptors (Lipinski definition) is 7. The average Bonchev–Trinajstić information content (AvgIpc) is 3.43. The van der Waals surface area contributed by atoms with Crippen molar-refractivity contribution in [1.82, 2.24) is 34.4 Å². The molecule has 0 aromatic carbocycles. The van der Waals surface area contributed by atoms with E-state index in [1.165, 1.54) is 0 Å². The molecule has 0 atom stereocenters. The quantitative estimate of drug-likeness (QED) is 0.487. The summed E-state index contributed by atoms with van der Waals surface area (Å²) < 4.78 is 3.80. The van der Waals surface area contributed by atoms with Crippen molar-refractivity contribution in [3.63, 3.8) is 0 Å². The molecule has 5 rings (SSSR count). The lowest BCUT2D eigenvalue weighted by Crippen LogP contribution is -2.49. The first-order valence-electron chi connectivity index (χ1n) is 10.6. The Bertz CT molecular complexity index is 1260. The van der Waals surface area contributed by atoms with Gasteiger partial charge < -0.3 is 9.80 Å². The molecule has 0 saturated carbocycles. The number of carbonyl (C=O) groups is 1. The molecule has 1 aliphatic heterocycles. The highest BCUT2D eigenvalue weighted by molar-refractivity contribution is 7.20. The molecule has 1 amide bonds. The molecule has 1 aliphatic rings. The topological polar surface area (TPSA) is 85.0 Å². The normalized spacial score (nSPS) is 15.0. The van der Waals surface area contributed by atoms with Crippen LogP contribution in [0.4, 0.5) is 5.82 Å². The van der Waals surface area contributed by atoms with Gasteiger partial charge in [0.1, 0.15) is 17.0 Å². The Morgan fingerprint density at radius 2 is 1.94 bits per heavy atom. The number of carbonyl (C=O) groups excluding carboxylic acids is 1. The summed E-state index contributed by atoms with van der Waals surface area (Å²) in [7, 11) is 1.88. The number of piperazine rings is 1. The predicted octanol–water partition coefficient (Wildman–Crippen LogP) is 2.70. The molecule has 0 bridgehead atoms. The van der Waals surface area contributed by atoms with E-state index >= 15 is 0 Å². The zero-order valence-corrected chi connectivity index (χ0v) is 19.1. The van der Waals surface area contributed by atoms with Crippen molar-refractivity contribution in [3.05, 3.63) is 29.2 Å². The van der Waals surface area contributed by atoms with E-state index in [2.05, 4.69) is 38.9 Å². The predicted molar refractivity (Wildman–Crippen MR) is 122 cm³/mol. The van der Waals surface area contributed by atoms with Crippen molar-refractivity contribution in [1.29, 1.82) is 0 Å². The Hall–Kier alpha value is -3.01. The van der Waals surface area contributed by atoms with Crippen LogP contribution in [0.3, 0.4) is 0 Å². The van der Waals surface area contributed by atoms with Crippen molar-refractivity contribution < 1.29 is 4.79 Å². The fourth-order valence-electron chi connectivity index (χ4n) is 4.17. The first-order valence-corrected chi connectivity index (χ1v) is 11.4. The van der Waals surface area contributed by atoms with Gasteiger partial charge in [-0.1, -0.05) is 13.8 Å². The van der Waals surface area contributed by atoms with Crippen LogP contribution in [0.2, 0.25) is 0 Å². The average molecular weight is 439 g/mol. The zero-order chi connectivity index (χ0) is 21.7. The fraction of sp³-hybridized carbons (Fsp3) is 0.476. The minimum absolute atomic E-state index is 0.102. The number of nitrogens with zero attached hydrogens (tertiary/aromatic N) is 8. The SMILES string of the molecule is Cc1nn(CC(C)C)c2sc(C(=O)N3CCN(c4ncnc5c4cnn5C)CC3)cc12. The third-order valence-electron chi connectivity index (χ3n) is 5.73. The molecule has 0 N–H and O–H groups in total. The van der Waals surface area contributed by atoms with Crippen molar-refractivity contribution in [3.8, 4) is 0 Å². The second-order valence-electron chi connectivity index (χ2n) is 8.47. The van der Waals surface area contributed by atoms with Crippen molar-refractivity contribution in [2.75, 3.05) is 31.1 Å². The highest BCUT2D eigenvalue weighted by Crippen LogP contribution is 2.30. The molecule has 1 fully saturated rings. The third-order valence-corrected chi connectivity index (χ3v) is 6.87. The second-order valence-corrected chi connectivity index (χ2v) is 9.50. The van der Waals surface area contributed by atoms with Crippen LogP contribution in [0.5, 0.6) is 0 Å². The van der Waals surface area contributed by atoms with Gasteiger partial charge in [-0.15, -0.1) is 11.3 Å². The molecule has 4 aromatic rings. The second kappa shape index (κ2) is 7.60. The summed E-state index contributed by atoms with van der Waals surface area (Å²) in [6, 6.07) is 2.01. The van der Waals surface area contributed by atoms with Crippen LogP contribution in [0.1, 0.15) is 29.2 Å². The van der Waals surface area contributed by atoms with Gasteiger partial charge in [0.25, 0.3) is 5.91 Å². The number of hydrogen-bond donors (Lipinski definition) is 0. The summed E-state index contributed by atoms with van der Waals surface area (Å²) >= 11 is 1.55. The van der Waals surface area contributed by atoms with E-state index in [9.17, 15) is 4.79 Å². The summed E-state index contributed by atoms with van der Waals surface area (Å²) in [4.78, 5) is 28.1. The fourth-order valence-corrected chi connectivity index (χ4v) is 5.31. The number of fused-ring (bicyclic) bond motifs is 2. The molecule has 9 nitrogen and oxygen atoms in total. The van der Waals surface area contributed by atoms with E-state index in [1.807, 2.05) is 35.8 Å². The third kappa shape index (κ3) is 3.44. The van der Waals surface area contributed by atoms with Gasteiger partial charge in [-0.05, 0) is 18.9 Å². The van der Waals surface area contributed by atoms with Crippen LogP contribution in [-0.4, -0.2) is 66.5 Å². The number of rotatable bonds is 4. The van der Waals surface area contributed by atoms with E-state index < -0.39 is 0 Å². The number of aryl methyl sites for hydroxylation is 2. The number of aromatic nitrogens is 6. The highest BCUT2D eigenvalue weighted by atomic mass is 32.1. The Morgan fingerprint density at radius 1 is 1.16 bits per heavy atom. The minimum Gasteiger partial charge on any atom is -0.352 e. The van der Waals surface area contributed by atoms with Crippen LogP contribution in [0.25, 0.3) is 21.3 Å². The molecule has 0 unspecified atom stereocenters.